The highest BCUT2D eigenvalue weighted by Crippen LogP contribution is 1.92. The molecule has 0 saturated heterocycles. The van der Waals surface area contributed by atoms with Crippen molar-refractivity contribution >= 4 is 0 Å². The largest absolute Gasteiger partial charge is 0.0622 e. The molecule has 0 heterocycles. The zero-order chi connectivity index (χ0) is 5.11. The van der Waals surface area contributed by atoms with Crippen LogP contribution >= 0.6 is 0 Å². The zero-order valence-corrected chi connectivity index (χ0v) is 4.39. The first-order valence-electron chi connectivity index (χ1n) is 2.41. The third-order valence-electron chi connectivity index (χ3n) is 0.940. The summed E-state index contributed by atoms with van der Waals surface area (Å²) < 4.78 is 0. The van der Waals surface area contributed by atoms with Crippen LogP contribution < -0.4 is 0 Å². The second-order valence-electron chi connectivity index (χ2n) is 1.65. The summed E-state index contributed by atoms with van der Waals surface area (Å²) in [6.45, 7) is 2.08. The van der Waals surface area contributed by atoms with Gasteiger partial charge in [0.15, 0.2) is 0 Å². The lowest BCUT2D eigenvalue weighted by Gasteiger charge is -1.82. The predicted molar refractivity (Wildman–Crippen MR) is 35.4 cm³/mol. The molecule has 0 bridgehead atoms. The minimum Gasteiger partial charge on any atom is -0.0622 e. The summed E-state index contributed by atoms with van der Waals surface area (Å²) in [7, 11) is 0. The maximum atomic E-state index is 2.08. The van der Waals surface area contributed by atoms with Gasteiger partial charge >= 0.3 is 0 Å². The van der Waals surface area contributed by atoms with Crippen molar-refractivity contribution < 1.29 is 2.85 Å². The molecule has 0 aliphatic carbocycles. The van der Waals surface area contributed by atoms with Crippen LogP contribution in [0.3, 0.4) is 0 Å². The SMILES string of the molecule is Cc1ccccc1.[HH].[HH]. The van der Waals surface area contributed by atoms with Crippen molar-refractivity contribution in [2.24, 2.45) is 0 Å². The van der Waals surface area contributed by atoms with Gasteiger partial charge in [0.25, 0.3) is 0 Å². The van der Waals surface area contributed by atoms with Crippen LogP contribution in [0.2, 0.25) is 0 Å². The van der Waals surface area contributed by atoms with Gasteiger partial charge in [-0.1, -0.05) is 35.9 Å². The van der Waals surface area contributed by atoms with E-state index in [0.29, 0.717) is 0 Å². The molecule has 0 amide bonds. The van der Waals surface area contributed by atoms with Gasteiger partial charge in [0, 0.05) is 2.85 Å². The Kier molecular flexibility index (Phi) is 1.12. The van der Waals surface area contributed by atoms with Gasteiger partial charge in [-0.2, -0.15) is 0 Å². The van der Waals surface area contributed by atoms with Crippen LogP contribution in [0.25, 0.3) is 0 Å². The average Bonchev–Trinajstić information content (AvgIpc) is 1.69. The highest BCUT2D eigenvalue weighted by atomic mass is 13.8. The molecule has 40 valence electrons. The third-order valence-corrected chi connectivity index (χ3v) is 0.940. The van der Waals surface area contributed by atoms with Crippen LogP contribution in [0.4, 0.5) is 0 Å². The number of benzene rings is 1. The van der Waals surface area contributed by atoms with Crippen LogP contribution in [0.1, 0.15) is 8.42 Å². The summed E-state index contributed by atoms with van der Waals surface area (Å²) in [5.74, 6) is 0. The molecule has 0 radical (unpaired) electrons. The molecule has 0 aromatic heterocycles. The summed E-state index contributed by atoms with van der Waals surface area (Å²) in [6, 6.07) is 10.3. The van der Waals surface area contributed by atoms with Crippen LogP contribution in [0.5, 0.6) is 0 Å². The van der Waals surface area contributed by atoms with E-state index in [-0.39, 0.29) is 2.85 Å². The van der Waals surface area contributed by atoms with Crippen molar-refractivity contribution in [3.63, 3.8) is 0 Å². The molecule has 7 heavy (non-hydrogen) atoms. The van der Waals surface area contributed by atoms with E-state index in [1.165, 1.54) is 5.56 Å². The molecule has 0 unspecified atom stereocenters. The quantitative estimate of drug-likeness (QED) is 0.465. The maximum Gasteiger partial charge on any atom is 0 e. The van der Waals surface area contributed by atoms with Gasteiger partial charge in [-0.05, 0) is 6.92 Å². The van der Waals surface area contributed by atoms with Gasteiger partial charge < -0.3 is 0 Å². The van der Waals surface area contributed by atoms with Crippen LogP contribution in [-0.4, -0.2) is 0 Å². The molecule has 0 spiro atoms. The Hall–Kier alpha value is -0.780. The van der Waals surface area contributed by atoms with E-state index in [4.69, 9.17) is 0 Å². The molecule has 0 aliphatic heterocycles. The normalized spacial score (nSPS) is 8.71. The van der Waals surface area contributed by atoms with Crippen LogP contribution in [0, 0.1) is 6.92 Å². The summed E-state index contributed by atoms with van der Waals surface area (Å²) in [6.07, 6.45) is 0. The lowest BCUT2D eigenvalue weighted by Crippen LogP contribution is -1.62. The van der Waals surface area contributed by atoms with Crippen LogP contribution in [-0.2, 0) is 0 Å². The number of hydrogen-bond acceptors (Lipinski definition) is 0. The monoisotopic (exact) mass is 96.1 g/mol. The smallest absolute Gasteiger partial charge is 0 e. The Balaban J connectivity index is 0. The van der Waals surface area contributed by atoms with Crippen molar-refractivity contribution in [2.75, 3.05) is 0 Å². The van der Waals surface area contributed by atoms with Gasteiger partial charge in [-0.3, -0.25) is 0 Å². The minimum atomic E-state index is 0. The lowest BCUT2D eigenvalue weighted by atomic mass is 10.2. The molecule has 1 aromatic rings. The van der Waals surface area contributed by atoms with E-state index in [1.54, 1.807) is 0 Å². The molecule has 0 atom stereocenters. The Bertz CT molecular complexity index is 137. The highest BCUT2D eigenvalue weighted by molar-refractivity contribution is 5.11. The molecule has 0 nitrogen and oxygen atoms in total. The first kappa shape index (κ1) is 4.38. The number of hydrogen-bond donors (Lipinski definition) is 0. The van der Waals surface area contributed by atoms with Crippen molar-refractivity contribution in [3.8, 4) is 0 Å². The maximum absolute atomic E-state index is 2.08. The minimum absolute atomic E-state index is 0. The van der Waals surface area contributed by atoms with Crippen molar-refractivity contribution in [1.82, 2.24) is 0 Å². The summed E-state index contributed by atoms with van der Waals surface area (Å²) >= 11 is 0. The molecule has 0 N–H and O–H groups in total. The molecule has 0 heteroatoms. The summed E-state index contributed by atoms with van der Waals surface area (Å²) in [5, 5.41) is 0. The Morgan fingerprint density at radius 3 is 2.00 bits per heavy atom. The Labute approximate surface area is 46.8 Å². The second-order valence-corrected chi connectivity index (χ2v) is 1.65. The average molecular weight is 96.2 g/mol. The highest BCUT2D eigenvalue weighted by Gasteiger charge is 1.72. The van der Waals surface area contributed by atoms with Crippen molar-refractivity contribution in [2.45, 2.75) is 6.92 Å². The molecular weight excluding hydrogens is 84.1 g/mol. The standard InChI is InChI=1S/C7H8.2H2/c1-7-5-3-2-4-6-7;;/h2-6H,1H3;2*1H. The topological polar surface area (TPSA) is 0 Å². The van der Waals surface area contributed by atoms with Gasteiger partial charge in [0.1, 0.15) is 0 Å². The zero-order valence-electron chi connectivity index (χ0n) is 4.39. The Morgan fingerprint density at radius 2 is 1.71 bits per heavy atom. The first-order chi connectivity index (χ1) is 3.39. The van der Waals surface area contributed by atoms with E-state index < -0.39 is 0 Å². The number of aryl methyl sites for hydroxylation is 1. The molecule has 0 fully saturated rings. The fourth-order valence-electron chi connectivity index (χ4n) is 0.534. The van der Waals surface area contributed by atoms with E-state index >= 15 is 0 Å². The van der Waals surface area contributed by atoms with E-state index in [2.05, 4.69) is 19.1 Å². The molecule has 1 rings (SSSR count). The first-order valence-corrected chi connectivity index (χ1v) is 2.41. The summed E-state index contributed by atoms with van der Waals surface area (Å²) in [5.41, 5.74) is 1.32. The van der Waals surface area contributed by atoms with E-state index in [9.17, 15) is 0 Å². The summed E-state index contributed by atoms with van der Waals surface area (Å²) in [4.78, 5) is 0. The molecule has 0 saturated carbocycles. The predicted octanol–water partition coefficient (Wildman–Crippen LogP) is 2.49. The lowest BCUT2D eigenvalue weighted by molar-refractivity contribution is 1.48. The Morgan fingerprint density at radius 1 is 1.14 bits per heavy atom. The molecule has 1 aromatic carbocycles. The van der Waals surface area contributed by atoms with Gasteiger partial charge in [0.05, 0.1) is 0 Å². The number of rotatable bonds is 0. The van der Waals surface area contributed by atoms with Crippen molar-refractivity contribution in [3.05, 3.63) is 35.9 Å². The van der Waals surface area contributed by atoms with Crippen LogP contribution in [0.15, 0.2) is 30.3 Å². The van der Waals surface area contributed by atoms with E-state index in [0.717, 1.165) is 0 Å². The van der Waals surface area contributed by atoms with E-state index in [1.807, 2.05) is 18.2 Å². The van der Waals surface area contributed by atoms with Crippen molar-refractivity contribution in [1.29, 1.82) is 0 Å². The second kappa shape index (κ2) is 1.78. The third kappa shape index (κ3) is 1.04. The fraction of sp³-hybridized carbons (Fsp3) is 0.143. The molecular formula is C7H12. The molecule has 0 aliphatic rings. The van der Waals surface area contributed by atoms with Gasteiger partial charge in [0.2, 0.25) is 0 Å². The van der Waals surface area contributed by atoms with Gasteiger partial charge in [-0.25, -0.2) is 0 Å². The van der Waals surface area contributed by atoms with Gasteiger partial charge in [-0.15, -0.1) is 0 Å². The fourth-order valence-corrected chi connectivity index (χ4v) is 0.534.